The fourth-order valence-corrected chi connectivity index (χ4v) is 3.57. The van der Waals surface area contributed by atoms with Gasteiger partial charge in [-0.2, -0.15) is 0 Å². The Balaban J connectivity index is 1.91. The van der Waals surface area contributed by atoms with Gasteiger partial charge in [0.2, 0.25) is 5.91 Å². The summed E-state index contributed by atoms with van der Waals surface area (Å²) in [6.45, 7) is 0. The summed E-state index contributed by atoms with van der Waals surface area (Å²) in [6, 6.07) is 12.6. The Kier molecular flexibility index (Phi) is 7.15. The van der Waals surface area contributed by atoms with Crippen molar-refractivity contribution in [3.63, 3.8) is 0 Å². The van der Waals surface area contributed by atoms with Crippen LogP contribution in [0.15, 0.2) is 46.9 Å². The smallest absolute Gasteiger partial charge is 0.339 e. The Bertz CT molecular complexity index is 754. The lowest BCUT2D eigenvalue weighted by molar-refractivity contribution is -0.113. The van der Waals surface area contributed by atoms with E-state index in [1.54, 1.807) is 12.1 Å². The molecule has 2 rings (SSSR count). The van der Waals surface area contributed by atoms with Crippen molar-refractivity contribution in [2.75, 3.05) is 18.2 Å². The number of ether oxygens (including phenoxy) is 1. The summed E-state index contributed by atoms with van der Waals surface area (Å²) in [5.74, 6) is 0.338. The molecule has 0 saturated carbocycles. The highest BCUT2D eigenvalue weighted by Gasteiger charge is 2.12. The first-order chi connectivity index (χ1) is 11.5. The van der Waals surface area contributed by atoms with E-state index in [1.807, 2.05) is 24.3 Å². The number of rotatable bonds is 6. The lowest BCUT2D eigenvalue weighted by Gasteiger charge is -2.08. The van der Waals surface area contributed by atoms with Gasteiger partial charge in [-0.15, -0.1) is 11.8 Å². The van der Waals surface area contributed by atoms with E-state index in [0.29, 0.717) is 11.4 Å². The number of benzene rings is 2. The molecule has 0 aliphatic rings. The van der Waals surface area contributed by atoms with Gasteiger partial charge in [0, 0.05) is 15.9 Å². The monoisotopic (exact) mass is 427 g/mol. The number of thioether (sulfide) groups is 1. The van der Waals surface area contributed by atoms with E-state index in [2.05, 4.69) is 26.0 Å². The third-order valence-corrected chi connectivity index (χ3v) is 5.19. The molecule has 24 heavy (non-hydrogen) atoms. The van der Waals surface area contributed by atoms with Crippen LogP contribution < -0.4 is 5.32 Å². The van der Waals surface area contributed by atoms with Crippen LogP contribution in [0.5, 0.6) is 0 Å². The summed E-state index contributed by atoms with van der Waals surface area (Å²) >= 11 is 10.9. The molecule has 0 fully saturated rings. The van der Waals surface area contributed by atoms with E-state index in [-0.39, 0.29) is 16.5 Å². The minimum atomic E-state index is -0.542. The van der Waals surface area contributed by atoms with Gasteiger partial charge < -0.3 is 10.1 Å². The van der Waals surface area contributed by atoms with Crippen LogP contribution in [-0.2, 0) is 15.3 Å². The van der Waals surface area contributed by atoms with Crippen LogP contribution in [0.4, 0.5) is 5.69 Å². The van der Waals surface area contributed by atoms with Crippen LogP contribution >= 0.6 is 39.3 Å². The normalized spacial score (nSPS) is 10.3. The van der Waals surface area contributed by atoms with Gasteiger partial charge in [0.05, 0.1) is 23.4 Å². The topological polar surface area (TPSA) is 55.4 Å². The molecule has 0 unspecified atom stereocenters. The second-order valence-corrected chi connectivity index (χ2v) is 7.07. The zero-order valence-corrected chi connectivity index (χ0v) is 16.0. The number of hydrogen-bond acceptors (Lipinski definition) is 4. The van der Waals surface area contributed by atoms with Crippen LogP contribution in [0.1, 0.15) is 15.9 Å². The Morgan fingerprint density at radius 3 is 2.71 bits per heavy atom. The number of amides is 1. The third-order valence-electron chi connectivity index (χ3n) is 3.10. The van der Waals surface area contributed by atoms with Gasteiger partial charge in [-0.3, -0.25) is 4.79 Å². The largest absolute Gasteiger partial charge is 0.465 e. The lowest BCUT2D eigenvalue weighted by atomic mass is 10.2. The van der Waals surface area contributed by atoms with Crippen LogP contribution in [-0.4, -0.2) is 24.7 Å². The number of nitrogens with one attached hydrogen (secondary N) is 1. The second-order valence-electron chi connectivity index (χ2n) is 4.82. The highest BCUT2D eigenvalue weighted by atomic mass is 79.9. The number of hydrogen-bond donors (Lipinski definition) is 1. The summed E-state index contributed by atoms with van der Waals surface area (Å²) in [6.07, 6.45) is 0. The number of esters is 1. The van der Waals surface area contributed by atoms with Crippen molar-refractivity contribution in [2.45, 2.75) is 5.75 Å². The number of methoxy groups -OCH3 is 1. The van der Waals surface area contributed by atoms with Gasteiger partial charge in [0.25, 0.3) is 0 Å². The molecule has 2 aromatic rings. The summed E-state index contributed by atoms with van der Waals surface area (Å²) < 4.78 is 5.68. The molecular weight excluding hydrogens is 414 g/mol. The first-order valence-electron chi connectivity index (χ1n) is 7.00. The minimum absolute atomic E-state index is 0.148. The molecule has 0 aliphatic carbocycles. The van der Waals surface area contributed by atoms with E-state index in [4.69, 9.17) is 11.6 Å². The Labute approximate surface area is 158 Å². The molecular formula is C17H15BrClNO3S. The van der Waals surface area contributed by atoms with E-state index in [0.717, 1.165) is 15.8 Å². The van der Waals surface area contributed by atoms with Gasteiger partial charge in [0.15, 0.2) is 0 Å². The molecule has 126 valence electrons. The van der Waals surface area contributed by atoms with Gasteiger partial charge >= 0.3 is 5.97 Å². The predicted molar refractivity (Wildman–Crippen MR) is 102 cm³/mol. The standard InChI is InChI=1S/C17H15BrClNO3S/c1-23-17(22)13-8-12(6-7-15(13)19)20-16(21)10-24-9-11-4-2-3-5-14(11)18/h2-8H,9-10H2,1H3,(H,20,21). The van der Waals surface area contributed by atoms with E-state index in [1.165, 1.54) is 24.9 Å². The van der Waals surface area contributed by atoms with Crippen molar-refractivity contribution in [1.82, 2.24) is 0 Å². The Hall–Kier alpha value is -1.50. The molecule has 1 amide bonds. The molecule has 0 bridgehead atoms. The van der Waals surface area contributed by atoms with Crippen LogP contribution in [0.25, 0.3) is 0 Å². The van der Waals surface area contributed by atoms with Gasteiger partial charge in [-0.1, -0.05) is 45.7 Å². The highest BCUT2D eigenvalue weighted by Crippen LogP contribution is 2.23. The predicted octanol–water partition coefficient (Wildman–Crippen LogP) is 4.76. The Morgan fingerprint density at radius 1 is 1.25 bits per heavy atom. The van der Waals surface area contributed by atoms with Crippen LogP contribution in [0.3, 0.4) is 0 Å². The second kappa shape index (κ2) is 9.11. The first-order valence-corrected chi connectivity index (χ1v) is 9.32. The summed E-state index contributed by atoms with van der Waals surface area (Å²) in [5.41, 5.74) is 1.86. The molecule has 0 heterocycles. The lowest BCUT2D eigenvalue weighted by Crippen LogP contribution is -2.15. The maximum Gasteiger partial charge on any atom is 0.339 e. The molecule has 4 nitrogen and oxygen atoms in total. The number of carbonyl (C=O) groups is 2. The molecule has 0 radical (unpaired) electrons. The van der Waals surface area contributed by atoms with Crippen molar-refractivity contribution >= 4 is 56.9 Å². The quantitative estimate of drug-likeness (QED) is 0.674. The van der Waals surface area contributed by atoms with E-state index in [9.17, 15) is 9.59 Å². The molecule has 2 aromatic carbocycles. The van der Waals surface area contributed by atoms with Gasteiger partial charge in [0.1, 0.15) is 0 Å². The third kappa shape index (κ3) is 5.26. The van der Waals surface area contributed by atoms with Crippen molar-refractivity contribution < 1.29 is 14.3 Å². The molecule has 0 atom stereocenters. The highest BCUT2D eigenvalue weighted by molar-refractivity contribution is 9.10. The molecule has 0 spiro atoms. The van der Waals surface area contributed by atoms with E-state index < -0.39 is 5.97 Å². The molecule has 1 N–H and O–H groups in total. The zero-order valence-electron chi connectivity index (χ0n) is 12.8. The maximum atomic E-state index is 12.0. The van der Waals surface area contributed by atoms with Crippen molar-refractivity contribution in [3.8, 4) is 0 Å². The van der Waals surface area contributed by atoms with Gasteiger partial charge in [-0.05, 0) is 29.8 Å². The van der Waals surface area contributed by atoms with Crippen molar-refractivity contribution in [1.29, 1.82) is 0 Å². The van der Waals surface area contributed by atoms with Crippen molar-refractivity contribution in [3.05, 3.63) is 63.1 Å². The van der Waals surface area contributed by atoms with Crippen LogP contribution in [0, 0.1) is 0 Å². The fraction of sp³-hybridized carbons (Fsp3) is 0.176. The van der Waals surface area contributed by atoms with Crippen LogP contribution in [0.2, 0.25) is 5.02 Å². The summed E-state index contributed by atoms with van der Waals surface area (Å²) in [4.78, 5) is 23.6. The molecule has 0 aromatic heterocycles. The fourth-order valence-electron chi connectivity index (χ4n) is 1.94. The number of carbonyl (C=O) groups excluding carboxylic acids is 2. The van der Waals surface area contributed by atoms with E-state index >= 15 is 0 Å². The average Bonchev–Trinajstić information content (AvgIpc) is 2.57. The SMILES string of the molecule is COC(=O)c1cc(NC(=O)CSCc2ccccc2Br)ccc1Cl. The molecule has 0 saturated heterocycles. The van der Waals surface area contributed by atoms with Gasteiger partial charge in [-0.25, -0.2) is 4.79 Å². The number of halogens is 2. The molecule has 7 heteroatoms. The van der Waals surface area contributed by atoms with Crippen molar-refractivity contribution in [2.24, 2.45) is 0 Å². The maximum absolute atomic E-state index is 12.0. The summed E-state index contributed by atoms with van der Waals surface area (Å²) in [7, 11) is 1.28. The zero-order chi connectivity index (χ0) is 17.5. The Morgan fingerprint density at radius 2 is 2.00 bits per heavy atom. The first kappa shape index (κ1) is 18.8. The number of anilines is 1. The molecule has 0 aliphatic heterocycles. The minimum Gasteiger partial charge on any atom is -0.465 e. The average molecular weight is 429 g/mol. The summed E-state index contributed by atoms with van der Waals surface area (Å²) in [5, 5.41) is 3.03.